The lowest BCUT2D eigenvalue weighted by atomic mass is 10.3. The van der Waals surface area contributed by atoms with Crippen molar-refractivity contribution >= 4 is 29.3 Å². The first-order valence-corrected chi connectivity index (χ1v) is 6.00. The van der Waals surface area contributed by atoms with Crippen LogP contribution in [0.4, 0.5) is 0 Å². The van der Waals surface area contributed by atoms with Gasteiger partial charge in [0, 0.05) is 6.04 Å². The first kappa shape index (κ1) is 10.2. The number of halogens is 1. The molecule has 1 aliphatic rings. The molecule has 70 valence electrons. The summed E-state index contributed by atoms with van der Waals surface area (Å²) in [6.07, 6.45) is 5.03. The van der Waals surface area contributed by atoms with E-state index in [1.165, 1.54) is 0 Å². The zero-order valence-electron chi connectivity index (χ0n) is 7.18. The van der Waals surface area contributed by atoms with E-state index in [0.29, 0.717) is 6.04 Å². The van der Waals surface area contributed by atoms with Gasteiger partial charge >= 0.3 is 0 Å². The second-order valence-electron chi connectivity index (χ2n) is 3.03. The molecule has 0 spiro atoms. The summed E-state index contributed by atoms with van der Waals surface area (Å²) in [4.78, 5) is 11.2. The molecule has 1 N–H and O–H groups in total. The van der Waals surface area contributed by atoms with Crippen LogP contribution in [0, 0.1) is 0 Å². The van der Waals surface area contributed by atoms with E-state index in [0.717, 1.165) is 25.0 Å². The first-order valence-electron chi connectivity index (χ1n) is 4.17. The number of amides is 1. The third kappa shape index (κ3) is 3.68. The molecular formula is C8H14ClNOS. The minimum atomic E-state index is -0.335. The third-order valence-electron chi connectivity index (χ3n) is 1.78. The van der Waals surface area contributed by atoms with Crippen molar-refractivity contribution in [1.82, 2.24) is 5.32 Å². The number of carbonyl (C=O) groups excluding carboxylic acids is 1. The van der Waals surface area contributed by atoms with E-state index in [-0.39, 0.29) is 11.3 Å². The van der Waals surface area contributed by atoms with Crippen molar-refractivity contribution in [3.8, 4) is 0 Å². The van der Waals surface area contributed by atoms with Crippen molar-refractivity contribution < 1.29 is 4.79 Å². The maximum atomic E-state index is 11.2. The Kier molecular flexibility index (Phi) is 4.22. The Morgan fingerprint density at radius 2 is 2.42 bits per heavy atom. The largest absolute Gasteiger partial charge is 0.352 e. The van der Waals surface area contributed by atoms with Crippen LogP contribution >= 0.6 is 23.4 Å². The Morgan fingerprint density at radius 3 is 2.92 bits per heavy atom. The molecule has 1 rings (SSSR count). The van der Waals surface area contributed by atoms with E-state index in [4.69, 9.17) is 11.6 Å². The van der Waals surface area contributed by atoms with Crippen LogP contribution in [0.1, 0.15) is 19.3 Å². The Balaban J connectivity index is 2.11. The smallest absolute Gasteiger partial charge is 0.238 e. The van der Waals surface area contributed by atoms with Gasteiger partial charge in [0.2, 0.25) is 5.91 Å². The van der Waals surface area contributed by atoms with Crippen LogP contribution in [-0.2, 0) is 4.79 Å². The van der Waals surface area contributed by atoms with Gasteiger partial charge in [0.1, 0.15) is 5.38 Å². The molecule has 0 saturated heterocycles. The average molecular weight is 208 g/mol. The number of thioether (sulfide) groups is 1. The third-order valence-corrected chi connectivity index (χ3v) is 2.84. The van der Waals surface area contributed by atoms with Gasteiger partial charge in [-0.1, -0.05) is 0 Å². The molecular weight excluding hydrogens is 194 g/mol. The SMILES string of the molecule is CSCCC(Cl)C(=O)NC1CC1. The Morgan fingerprint density at radius 1 is 1.75 bits per heavy atom. The molecule has 1 amide bonds. The fourth-order valence-corrected chi connectivity index (χ4v) is 1.64. The zero-order valence-corrected chi connectivity index (χ0v) is 8.75. The van der Waals surface area contributed by atoms with E-state index >= 15 is 0 Å². The summed E-state index contributed by atoms with van der Waals surface area (Å²) >= 11 is 7.57. The molecule has 4 heteroatoms. The molecule has 0 heterocycles. The molecule has 0 aromatic rings. The highest BCUT2D eigenvalue weighted by Gasteiger charge is 2.25. The average Bonchev–Trinajstić information content (AvgIpc) is 2.83. The van der Waals surface area contributed by atoms with Gasteiger partial charge < -0.3 is 5.32 Å². The predicted octanol–water partition coefficient (Wildman–Crippen LogP) is 1.63. The van der Waals surface area contributed by atoms with Gasteiger partial charge in [-0.15, -0.1) is 11.6 Å². The van der Waals surface area contributed by atoms with Crippen LogP contribution in [0.2, 0.25) is 0 Å². The summed E-state index contributed by atoms with van der Waals surface area (Å²) in [6.45, 7) is 0. The van der Waals surface area contributed by atoms with Gasteiger partial charge in [-0.25, -0.2) is 0 Å². The minimum Gasteiger partial charge on any atom is -0.352 e. The first-order chi connectivity index (χ1) is 5.74. The van der Waals surface area contributed by atoms with Crippen molar-refractivity contribution in [2.24, 2.45) is 0 Å². The lowest BCUT2D eigenvalue weighted by Gasteiger charge is -2.08. The van der Waals surface area contributed by atoms with E-state index in [1.54, 1.807) is 11.8 Å². The quantitative estimate of drug-likeness (QED) is 0.695. The molecule has 1 saturated carbocycles. The highest BCUT2D eigenvalue weighted by Crippen LogP contribution is 2.19. The number of carbonyl (C=O) groups is 1. The van der Waals surface area contributed by atoms with E-state index in [9.17, 15) is 4.79 Å². The summed E-state index contributed by atoms with van der Waals surface area (Å²) in [5.41, 5.74) is 0. The van der Waals surface area contributed by atoms with E-state index in [2.05, 4.69) is 5.32 Å². The minimum absolute atomic E-state index is 0.00761. The fraction of sp³-hybridized carbons (Fsp3) is 0.875. The molecule has 12 heavy (non-hydrogen) atoms. The molecule has 1 atom stereocenters. The molecule has 0 aromatic heterocycles. The summed E-state index contributed by atoms with van der Waals surface area (Å²) in [6, 6.07) is 0.424. The van der Waals surface area contributed by atoms with Crippen LogP contribution in [0.15, 0.2) is 0 Å². The fourth-order valence-electron chi connectivity index (χ4n) is 0.872. The van der Waals surface area contributed by atoms with Crippen molar-refractivity contribution in [1.29, 1.82) is 0 Å². The number of rotatable bonds is 5. The van der Waals surface area contributed by atoms with Crippen molar-refractivity contribution in [3.63, 3.8) is 0 Å². The number of nitrogens with one attached hydrogen (secondary N) is 1. The van der Waals surface area contributed by atoms with Crippen LogP contribution in [0.3, 0.4) is 0 Å². The highest BCUT2D eigenvalue weighted by atomic mass is 35.5. The maximum absolute atomic E-state index is 11.2. The van der Waals surface area contributed by atoms with Crippen LogP contribution in [-0.4, -0.2) is 29.3 Å². The van der Waals surface area contributed by atoms with Gasteiger partial charge in [-0.05, 0) is 31.3 Å². The monoisotopic (exact) mass is 207 g/mol. The molecule has 1 unspecified atom stereocenters. The van der Waals surface area contributed by atoms with Gasteiger partial charge in [-0.3, -0.25) is 4.79 Å². The number of alkyl halides is 1. The van der Waals surface area contributed by atoms with Gasteiger partial charge in [0.15, 0.2) is 0 Å². The number of hydrogen-bond acceptors (Lipinski definition) is 2. The molecule has 0 aliphatic heterocycles. The van der Waals surface area contributed by atoms with Gasteiger partial charge in [-0.2, -0.15) is 11.8 Å². The molecule has 0 bridgehead atoms. The number of hydrogen-bond donors (Lipinski definition) is 1. The van der Waals surface area contributed by atoms with E-state index < -0.39 is 0 Å². The standard InChI is InChI=1S/C8H14ClNOS/c1-12-5-4-7(9)8(11)10-6-2-3-6/h6-7H,2-5H2,1H3,(H,10,11). The topological polar surface area (TPSA) is 29.1 Å². The zero-order chi connectivity index (χ0) is 8.97. The highest BCUT2D eigenvalue weighted by molar-refractivity contribution is 7.98. The van der Waals surface area contributed by atoms with Crippen molar-refractivity contribution in [2.45, 2.75) is 30.7 Å². The molecule has 0 radical (unpaired) electrons. The van der Waals surface area contributed by atoms with Crippen molar-refractivity contribution in [2.75, 3.05) is 12.0 Å². The lowest BCUT2D eigenvalue weighted by molar-refractivity contribution is -0.120. The summed E-state index contributed by atoms with van der Waals surface area (Å²) in [5.74, 6) is 0.958. The Labute approximate surface area is 82.4 Å². The van der Waals surface area contributed by atoms with Gasteiger partial charge in [0.25, 0.3) is 0 Å². The van der Waals surface area contributed by atoms with Gasteiger partial charge in [0.05, 0.1) is 0 Å². The van der Waals surface area contributed by atoms with Crippen molar-refractivity contribution in [3.05, 3.63) is 0 Å². The lowest BCUT2D eigenvalue weighted by Crippen LogP contribution is -2.33. The van der Waals surface area contributed by atoms with Crippen LogP contribution in [0.5, 0.6) is 0 Å². The second-order valence-corrected chi connectivity index (χ2v) is 4.54. The normalized spacial score (nSPS) is 18.8. The Hall–Kier alpha value is 0.110. The van der Waals surface area contributed by atoms with Crippen LogP contribution in [0.25, 0.3) is 0 Å². The molecule has 1 aliphatic carbocycles. The predicted molar refractivity (Wildman–Crippen MR) is 53.8 cm³/mol. The molecule has 1 fully saturated rings. The summed E-state index contributed by atoms with van der Waals surface area (Å²) in [7, 11) is 0. The summed E-state index contributed by atoms with van der Waals surface area (Å²) < 4.78 is 0. The molecule has 0 aromatic carbocycles. The maximum Gasteiger partial charge on any atom is 0.238 e. The molecule has 2 nitrogen and oxygen atoms in total. The summed E-state index contributed by atoms with van der Waals surface area (Å²) in [5, 5.41) is 2.55. The Bertz CT molecular complexity index is 161. The second kappa shape index (κ2) is 4.97. The van der Waals surface area contributed by atoms with Crippen LogP contribution < -0.4 is 5.32 Å². The van der Waals surface area contributed by atoms with E-state index in [1.807, 2.05) is 6.26 Å².